The van der Waals surface area contributed by atoms with Gasteiger partial charge in [-0.25, -0.2) is 0 Å². The third-order valence-electron chi connectivity index (χ3n) is 3.63. The molecule has 3 rings (SSSR count). The van der Waals surface area contributed by atoms with E-state index in [2.05, 4.69) is 10.3 Å². The van der Waals surface area contributed by atoms with Gasteiger partial charge in [0.1, 0.15) is 0 Å². The molecule has 0 fully saturated rings. The van der Waals surface area contributed by atoms with Crippen LogP contribution in [0.3, 0.4) is 0 Å². The number of amides is 1. The highest BCUT2D eigenvalue weighted by molar-refractivity contribution is 5.95. The first kappa shape index (κ1) is 14.4. The van der Waals surface area contributed by atoms with Crippen LogP contribution < -0.4 is 14.8 Å². The van der Waals surface area contributed by atoms with Gasteiger partial charge in [-0.15, -0.1) is 0 Å². The Kier molecular flexibility index (Phi) is 3.96. The second-order valence-electron chi connectivity index (χ2n) is 5.41. The summed E-state index contributed by atoms with van der Waals surface area (Å²) in [6, 6.07) is 9.12. The number of carbonyl (C=O) groups excluding carboxylic acids is 1. The smallest absolute Gasteiger partial charge is 0.251 e. The van der Waals surface area contributed by atoms with Crippen LogP contribution in [0.2, 0.25) is 0 Å². The topological polar surface area (TPSA) is 60.5 Å². The molecule has 5 nitrogen and oxygen atoms in total. The molecule has 22 heavy (non-hydrogen) atoms. The molecule has 5 heteroatoms. The first-order valence-corrected chi connectivity index (χ1v) is 7.24. The molecule has 1 amide bonds. The number of aromatic nitrogens is 1. The maximum absolute atomic E-state index is 12.3. The van der Waals surface area contributed by atoms with Gasteiger partial charge < -0.3 is 14.8 Å². The molecule has 0 spiro atoms. The zero-order valence-corrected chi connectivity index (χ0v) is 12.6. The van der Waals surface area contributed by atoms with Gasteiger partial charge in [-0.3, -0.25) is 9.78 Å². The van der Waals surface area contributed by atoms with E-state index < -0.39 is 0 Å². The lowest BCUT2D eigenvalue weighted by atomic mass is 10.1. The van der Waals surface area contributed by atoms with Gasteiger partial charge in [-0.2, -0.15) is 0 Å². The van der Waals surface area contributed by atoms with Crippen LogP contribution in [0, 0.1) is 6.92 Å². The monoisotopic (exact) mass is 298 g/mol. The normalized spacial score (nSPS) is 13.7. The summed E-state index contributed by atoms with van der Waals surface area (Å²) >= 11 is 0. The van der Waals surface area contributed by atoms with Gasteiger partial charge in [0.25, 0.3) is 5.91 Å². The van der Waals surface area contributed by atoms with Crippen LogP contribution in [0.15, 0.2) is 36.5 Å². The van der Waals surface area contributed by atoms with Crippen molar-refractivity contribution in [1.29, 1.82) is 0 Å². The van der Waals surface area contributed by atoms with Gasteiger partial charge in [-0.05, 0) is 43.7 Å². The second kappa shape index (κ2) is 6.05. The van der Waals surface area contributed by atoms with Crippen molar-refractivity contribution in [2.45, 2.75) is 26.3 Å². The van der Waals surface area contributed by atoms with Crippen molar-refractivity contribution in [3.8, 4) is 11.5 Å². The molecule has 114 valence electrons. The first-order chi connectivity index (χ1) is 10.6. The third-order valence-corrected chi connectivity index (χ3v) is 3.63. The van der Waals surface area contributed by atoms with Crippen molar-refractivity contribution in [1.82, 2.24) is 10.3 Å². The number of carbonyl (C=O) groups is 1. The van der Waals surface area contributed by atoms with E-state index in [0.717, 1.165) is 11.3 Å². The summed E-state index contributed by atoms with van der Waals surface area (Å²) in [6.07, 6.45) is 2.47. The standard InChI is InChI=1S/C17H18N2O3/c1-11-4-3-7-18-14(11)8-12(2)19-17(20)13-5-6-15-16(9-13)22-10-21-15/h3-7,9,12H,8,10H2,1-2H3,(H,19,20). The zero-order chi connectivity index (χ0) is 15.5. The molecule has 1 unspecified atom stereocenters. The predicted molar refractivity (Wildman–Crippen MR) is 82.2 cm³/mol. The van der Waals surface area contributed by atoms with Gasteiger partial charge in [0.2, 0.25) is 6.79 Å². The Morgan fingerprint density at radius 2 is 2.14 bits per heavy atom. The molecule has 1 aliphatic heterocycles. The highest BCUT2D eigenvalue weighted by Gasteiger charge is 2.17. The van der Waals surface area contributed by atoms with Crippen LogP contribution in [0.5, 0.6) is 11.5 Å². The van der Waals surface area contributed by atoms with Crippen LogP contribution in [0.1, 0.15) is 28.5 Å². The lowest BCUT2D eigenvalue weighted by Gasteiger charge is -2.15. The number of nitrogens with one attached hydrogen (secondary N) is 1. The summed E-state index contributed by atoms with van der Waals surface area (Å²) in [5.41, 5.74) is 2.70. The number of benzene rings is 1. The molecule has 0 aliphatic carbocycles. The molecule has 1 aliphatic rings. The van der Waals surface area contributed by atoms with Crippen LogP contribution in [0.4, 0.5) is 0 Å². The number of hydrogen-bond donors (Lipinski definition) is 1. The quantitative estimate of drug-likeness (QED) is 0.942. The zero-order valence-electron chi connectivity index (χ0n) is 12.6. The lowest BCUT2D eigenvalue weighted by molar-refractivity contribution is 0.0939. The summed E-state index contributed by atoms with van der Waals surface area (Å²) in [4.78, 5) is 16.7. The van der Waals surface area contributed by atoms with E-state index >= 15 is 0 Å². The van der Waals surface area contributed by atoms with Crippen LogP contribution in [-0.4, -0.2) is 23.7 Å². The Morgan fingerprint density at radius 1 is 1.32 bits per heavy atom. The third kappa shape index (κ3) is 3.03. The number of ether oxygens (including phenoxy) is 2. The number of hydrogen-bond acceptors (Lipinski definition) is 4. The summed E-state index contributed by atoms with van der Waals surface area (Å²) in [5, 5.41) is 2.99. The molecule has 0 saturated carbocycles. The number of aryl methyl sites for hydroxylation is 1. The number of nitrogens with zero attached hydrogens (tertiary/aromatic N) is 1. The van der Waals surface area contributed by atoms with Gasteiger partial charge in [0.15, 0.2) is 11.5 Å². The summed E-state index contributed by atoms with van der Waals surface area (Å²) in [6.45, 7) is 4.20. The Labute approximate surface area is 129 Å². The summed E-state index contributed by atoms with van der Waals surface area (Å²) in [5.74, 6) is 1.16. The Bertz CT molecular complexity index is 700. The van der Waals surface area contributed by atoms with Crippen LogP contribution >= 0.6 is 0 Å². The molecule has 1 aromatic heterocycles. The van der Waals surface area contributed by atoms with Crippen molar-refractivity contribution in [3.63, 3.8) is 0 Å². The minimum absolute atomic E-state index is 0.00785. The maximum atomic E-state index is 12.3. The fourth-order valence-corrected chi connectivity index (χ4v) is 2.42. The van der Waals surface area contributed by atoms with Crippen molar-refractivity contribution in [3.05, 3.63) is 53.3 Å². The molecule has 0 saturated heterocycles. The highest BCUT2D eigenvalue weighted by Crippen LogP contribution is 2.32. The average molecular weight is 298 g/mol. The van der Waals surface area contributed by atoms with E-state index in [4.69, 9.17) is 9.47 Å². The van der Waals surface area contributed by atoms with Gasteiger partial charge in [0, 0.05) is 29.9 Å². The molecule has 1 atom stereocenters. The summed E-state index contributed by atoms with van der Waals surface area (Å²) in [7, 11) is 0. The van der Waals surface area contributed by atoms with Crippen LogP contribution in [-0.2, 0) is 6.42 Å². The molecular formula is C17H18N2O3. The molecule has 1 N–H and O–H groups in total. The van der Waals surface area contributed by atoms with E-state index in [1.54, 1.807) is 24.4 Å². The van der Waals surface area contributed by atoms with Crippen molar-refractivity contribution in [2.24, 2.45) is 0 Å². The van der Waals surface area contributed by atoms with Crippen molar-refractivity contribution < 1.29 is 14.3 Å². The van der Waals surface area contributed by atoms with E-state index in [1.807, 2.05) is 26.0 Å². The van der Waals surface area contributed by atoms with E-state index in [-0.39, 0.29) is 18.7 Å². The van der Waals surface area contributed by atoms with E-state index in [1.165, 1.54) is 0 Å². The SMILES string of the molecule is Cc1cccnc1CC(C)NC(=O)c1ccc2c(c1)OCO2. The fourth-order valence-electron chi connectivity index (χ4n) is 2.42. The van der Waals surface area contributed by atoms with Gasteiger partial charge in [-0.1, -0.05) is 6.07 Å². The van der Waals surface area contributed by atoms with Gasteiger partial charge >= 0.3 is 0 Å². The minimum Gasteiger partial charge on any atom is -0.454 e. The predicted octanol–water partition coefficient (Wildman–Crippen LogP) is 2.48. The minimum atomic E-state index is -0.126. The first-order valence-electron chi connectivity index (χ1n) is 7.24. The average Bonchev–Trinajstić information content (AvgIpc) is 2.97. The Morgan fingerprint density at radius 3 is 2.95 bits per heavy atom. The lowest BCUT2D eigenvalue weighted by Crippen LogP contribution is -2.34. The molecule has 2 heterocycles. The molecule has 1 aromatic carbocycles. The highest BCUT2D eigenvalue weighted by atomic mass is 16.7. The molecule has 0 radical (unpaired) electrons. The Hall–Kier alpha value is -2.56. The molecule has 0 bridgehead atoms. The number of fused-ring (bicyclic) bond motifs is 1. The van der Waals surface area contributed by atoms with E-state index in [9.17, 15) is 4.79 Å². The summed E-state index contributed by atoms with van der Waals surface area (Å²) < 4.78 is 10.5. The van der Waals surface area contributed by atoms with Gasteiger partial charge in [0.05, 0.1) is 0 Å². The van der Waals surface area contributed by atoms with Crippen molar-refractivity contribution in [2.75, 3.05) is 6.79 Å². The van der Waals surface area contributed by atoms with Crippen molar-refractivity contribution >= 4 is 5.91 Å². The maximum Gasteiger partial charge on any atom is 0.251 e. The number of rotatable bonds is 4. The Balaban J connectivity index is 1.65. The van der Waals surface area contributed by atoms with E-state index in [0.29, 0.717) is 23.5 Å². The number of pyridine rings is 1. The molecular weight excluding hydrogens is 280 g/mol. The largest absolute Gasteiger partial charge is 0.454 e. The fraction of sp³-hybridized carbons (Fsp3) is 0.294. The van der Waals surface area contributed by atoms with Crippen LogP contribution in [0.25, 0.3) is 0 Å². The second-order valence-corrected chi connectivity index (χ2v) is 5.41. The molecule has 2 aromatic rings.